The summed E-state index contributed by atoms with van der Waals surface area (Å²) in [4.78, 5) is 0. The Morgan fingerprint density at radius 2 is 1.81 bits per heavy atom. The van der Waals surface area contributed by atoms with Crippen molar-refractivity contribution in [2.45, 2.75) is 48.5 Å². The molecule has 0 aromatic rings. The lowest BCUT2D eigenvalue weighted by Gasteiger charge is -2.43. The average molecular weight is 334 g/mol. The summed E-state index contributed by atoms with van der Waals surface area (Å²) < 4.78 is 34.4. The zero-order chi connectivity index (χ0) is 14.4. The molecule has 4 rings (SSSR count). The van der Waals surface area contributed by atoms with E-state index in [1.165, 1.54) is 6.42 Å². The first-order chi connectivity index (χ1) is 10.2. The summed E-state index contributed by atoms with van der Waals surface area (Å²) in [5.74, 6) is 3.62. The van der Waals surface area contributed by atoms with Gasteiger partial charge in [0.2, 0.25) is 0 Å². The highest BCUT2D eigenvalue weighted by Gasteiger charge is 2.63. The van der Waals surface area contributed by atoms with Gasteiger partial charge >= 0.3 is 0 Å². The highest BCUT2D eigenvalue weighted by Crippen LogP contribution is 2.67. The van der Waals surface area contributed by atoms with Crippen LogP contribution in [0.3, 0.4) is 0 Å². The summed E-state index contributed by atoms with van der Waals surface area (Å²) in [5.41, 5.74) is 0. The standard InChI is InChI=1S/C16H24F2OS2/c17-13-4-3-10-8-12(11-2-1-5-19-9-11)16(14(10)15(13)18)20-6-7-21-16/h10-15H,1-9H2. The Balaban J connectivity index is 1.64. The third-order valence-electron chi connectivity index (χ3n) is 6.05. The van der Waals surface area contributed by atoms with Gasteiger partial charge in [-0.05, 0) is 49.9 Å². The van der Waals surface area contributed by atoms with Crippen LogP contribution in [0.25, 0.3) is 0 Å². The fourth-order valence-electron chi connectivity index (χ4n) is 5.20. The molecule has 1 spiro atoms. The van der Waals surface area contributed by atoms with Crippen molar-refractivity contribution in [1.82, 2.24) is 0 Å². The lowest BCUT2D eigenvalue weighted by Crippen LogP contribution is -2.46. The van der Waals surface area contributed by atoms with Gasteiger partial charge in [0, 0.05) is 30.6 Å². The second kappa shape index (κ2) is 5.86. The molecule has 0 N–H and O–H groups in total. The van der Waals surface area contributed by atoms with E-state index in [4.69, 9.17) is 4.74 Å². The smallest absolute Gasteiger partial charge is 0.136 e. The van der Waals surface area contributed by atoms with Gasteiger partial charge in [-0.25, -0.2) is 8.78 Å². The van der Waals surface area contributed by atoms with Crippen LogP contribution in [0.2, 0.25) is 0 Å². The fraction of sp³-hybridized carbons (Fsp3) is 1.00. The normalized spacial score (nSPS) is 49.4. The van der Waals surface area contributed by atoms with Crippen LogP contribution in [0, 0.1) is 23.7 Å². The lowest BCUT2D eigenvalue weighted by atomic mass is 9.79. The number of halogens is 2. The number of hydrogen-bond acceptors (Lipinski definition) is 3. The minimum Gasteiger partial charge on any atom is -0.381 e. The molecule has 21 heavy (non-hydrogen) atoms. The maximum Gasteiger partial charge on any atom is 0.136 e. The summed E-state index contributed by atoms with van der Waals surface area (Å²) in [6.07, 6.45) is 2.30. The van der Waals surface area contributed by atoms with Crippen LogP contribution in [0.4, 0.5) is 8.78 Å². The van der Waals surface area contributed by atoms with Crippen LogP contribution in [0.5, 0.6) is 0 Å². The molecule has 0 radical (unpaired) electrons. The third kappa shape index (κ3) is 2.37. The van der Waals surface area contributed by atoms with E-state index in [1.54, 1.807) is 0 Å². The minimum atomic E-state index is -1.24. The Hall–Kier alpha value is 0.520. The van der Waals surface area contributed by atoms with Crippen molar-refractivity contribution in [3.8, 4) is 0 Å². The molecule has 6 atom stereocenters. The highest BCUT2D eigenvalue weighted by atomic mass is 32.2. The van der Waals surface area contributed by atoms with E-state index in [0.29, 0.717) is 24.2 Å². The maximum absolute atomic E-state index is 14.7. The molecule has 5 heteroatoms. The number of fused-ring (bicyclic) bond motifs is 2. The largest absolute Gasteiger partial charge is 0.381 e. The number of hydrogen-bond donors (Lipinski definition) is 0. The molecule has 0 amide bonds. The van der Waals surface area contributed by atoms with Crippen molar-refractivity contribution in [2.24, 2.45) is 23.7 Å². The van der Waals surface area contributed by atoms with E-state index in [-0.39, 0.29) is 10.00 Å². The second-order valence-corrected chi connectivity index (χ2v) is 10.1. The van der Waals surface area contributed by atoms with E-state index in [9.17, 15) is 8.78 Å². The average Bonchev–Trinajstić information content (AvgIpc) is 3.11. The monoisotopic (exact) mass is 334 g/mol. The molecule has 2 aliphatic carbocycles. The number of thioether (sulfide) groups is 2. The van der Waals surface area contributed by atoms with Crippen LogP contribution in [-0.2, 0) is 4.74 Å². The first kappa shape index (κ1) is 15.1. The second-order valence-electron chi connectivity index (χ2n) is 7.06. The molecule has 4 fully saturated rings. The van der Waals surface area contributed by atoms with Crippen LogP contribution in [0.1, 0.15) is 32.1 Å². The van der Waals surface area contributed by atoms with E-state index in [2.05, 4.69) is 0 Å². The summed E-state index contributed by atoms with van der Waals surface area (Å²) >= 11 is 3.89. The van der Waals surface area contributed by atoms with Crippen LogP contribution in [-0.4, -0.2) is 41.1 Å². The summed E-state index contributed by atoms with van der Waals surface area (Å²) in [5, 5.41) is 0. The molecular formula is C16H24F2OS2. The molecule has 120 valence electrons. The lowest BCUT2D eigenvalue weighted by molar-refractivity contribution is 0.0262. The molecule has 4 aliphatic rings. The van der Waals surface area contributed by atoms with Gasteiger partial charge in [-0.15, -0.1) is 23.5 Å². The Kier molecular flexibility index (Phi) is 4.21. The molecule has 1 nitrogen and oxygen atoms in total. The molecule has 0 aromatic heterocycles. The van der Waals surface area contributed by atoms with Crippen molar-refractivity contribution in [1.29, 1.82) is 0 Å². The summed E-state index contributed by atoms with van der Waals surface area (Å²) in [7, 11) is 0. The molecule has 0 bridgehead atoms. The SMILES string of the molecule is FC1CCC2CC(C3CCCOC3)C3(SCCS3)C2C1F. The Morgan fingerprint density at radius 1 is 1.00 bits per heavy atom. The minimum absolute atomic E-state index is 0.0553. The number of ether oxygens (including phenoxy) is 1. The molecule has 6 unspecified atom stereocenters. The van der Waals surface area contributed by atoms with Gasteiger partial charge in [0.15, 0.2) is 0 Å². The quantitative estimate of drug-likeness (QED) is 0.707. The Bertz CT molecular complexity index is 382. The van der Waals surface area contributed by atoms with Crippen molar-refractivity contribution in [2.75, 3.05) is 24.7 Å². The Labute approximate surface area is 134 Å². The van der Waals surface area contributed by atoms with Crippen molar-refractivity contribution in [3.63, 3.8) is 0 Å². The zero-order valence-electron chi connectivity index (χ0n) is 12.3. The van der Waals surface area contributed by atoms with Gasteiger partial charge in [0.25, 0.3) is 0 Å². The van der Waals surface area contributed by atoms with E-state index < -0.39 is 12.3 Å². The summed E-state index contributed by atoms with van der Waals surface area (Å²) in [6, 6.07) is 0. The van der Waals surface area contributed by atoms with E-state index in [0.717, 1.165) is 44.0 Å². The maximum atomic E-state index is 14.7. The van der Waals surface area contributed by atoms with Gasteiger partial charge in [-0.2, -0.15) is 0 Å². The molecule has 0 aromatic carbocycles. The van der Waals surface area contributed by atoms with Crippen molar-refractivity contribution < 1.29 is 13.5 Å². The predicted octanol–water partition coefficient (Wildman–Crippen LogP) is 4.31. The molecular weight excluding hydrogens is 310 g/mol. The zero-order valence-corrected chi connectivity index (χ0v) is 13.9. The van der Waals surface area contributed by atoms with E-state index in [1.807, 2.05) is 23.5 Å². The van der Waals surface area contributed by atoms with Crippen molar-refractivity contribution >= 4 is 23.5 Å². The van der Waals surface area contributed by atoms with Gasteiger partial charge in [-0.1, -0.05) is 0 Å². The highest BCUT2D eigenvalue weighted by molar-refractivity contribution is 8.21. The van der Waals surface area contributed by atoms with Gasteiger partial charge in [-0.3, -0.25) is 0 Å². The number of rotatable bonds is 1. The van der Waals surface area contributed by atoms with Gasteiger partial charge in [0.05, 0.1) is 4.08 Å². The predicted molar refractivity (Wildman–Crippen MR) is 85.3 cm³/mol. The van der Waals surface area contributed by atoms with Gasteiger partial charge < -0.3 is 4.74 Å². The van der Waals surface area contributed by atoms with Crippen LogP contribution >= 0.6 is 23.5 Å². The number of alkyl halides is 2. The first-order valence-electron chi connectivity index (χ1n) is 8.36. The van der Waals surface area contributed by atoms with Gasteiger partial charge in [0.1, 0.15) is 12.3 Å². The third-order valence-corrected chi connectivity index (χ3v) is 9.89. The molecule has 2 saturated carbocycles. The van der Waals surface area contributed by atoms with Crippen LogP contribution < -0.4 is 0 Å². The molecule has 2 saturated heterocycles. The fourth-order valence-corrected chi connectivity index (χ4v) is 9.38. The van der Waals surface area contributed by atoms with Crippen molar-refractivity contribution in [3.05, 3.63) is 0 Å². The van der Waals surface area contributed by atoms with E-state index >= 15 is 0 Å². The topological polar surface area (TPSA) is 9.23 Å². The Morgan fingerprint density at radius 3 is 2.52 bits per heavy atom. The van der Waals surface area contributed by atoms with Crippen LogP contribution in [0.15, 0.2) is 0 Å². The first-order valence-corrected chi connectivity index (χ1v) is 10.3. The summed E-state index contributed by atoms with van der Waals surface area (Å²) in [6.45, 7) is 1.71. The molecule has 2 heterocycles. The molecule has 2 aliphatic heterocycles.